The fraction of sp³-hybridized carbons (Fsp3) is 0. The lowest BCUT2D eigenvalue weighted by molar-refractivity contribution is -0.120. The van der Waals surface area contributed by atoms with E-state index < -0.39 is 11.8 Å². The van der Waals surface area contributed by atoms with Crippen molar-refractivity contribution >= 4 is 23.7 Å². The minimum Gasteiger partial charge on any atom is -0.508 e. The summed E-state index contributed by atoms with van der Waals surface area (Å²) in [6.45, 7) is 0. The summed E-state index contributed by atoms with van der Waals surface area (Å²) in [5.74, 6) is -0.733. The zero-order valence-corrected chi connectivity index (χ0v) is 21.2. The van der Waals surface area contributed by atoms with E-state index in [0.29, 0.717) is 16.8 Å². The van der Waals surface area contributed by atoms with Gasteiger partial charge in [0, 0.05) is 28.5 Å². The van der Waals surface area contributed by atoms with Crippen LogP contribution in [0.5, 0.6) is 5.75 Å². The molecule has 1 aliphatic heterocycles. The summed E-state index contributed by atoms with van der Waals surface area (Å²) in [6.07, 6.45) is 3.53. The van der Waals surface area contributed by atoms with Crippen molar-refractivity contribution < 1.29 is 14.7 Å². The van der Waals surface area contributed by atoms with E-state index in [9.17, 15) is 14.7 Å². The number of aromatic hydroxyl groups is 1. The summed E-state index contributed by atoms with van der Waals surface area (Å²) in [5, 5.41) is 15.6. The third-order valence-electron chi connectivity index (χ3n) is 6.34. The molecule has 5 aromatic rings. The molecule has 8 heteroatoms. The highest BCUT2D eigenvalue weighted by Gasteiger charge is 2.31. The number of phenols is 1. The first-order chi connectivity index (χ1) is 19.6. The van der Waals surface area contributed by atoms with Gasteiger partial charge in [-0.25, -0.2) is 9.67 Å². The molecule has 0 aliphatic carbocycles. The predicted octanol–water partition coefficient (Wildman–Crippen LogP) is 5.22. The Hall–Kier alpha value is -5.76. The lowest BCUT2D eigenvalue weighted by Gasteiger charge is -2.28. The van der Waals surface area contributed by atoms with Crippen LogP contribution >= 0.6 is 0 Å². The van der Waals surface area contributed by atoms with Crippen LogP contribution in [0.25, 0.3) is 23.0 Å². The number of aromatic nitrogens is 2. The van der Waals surface area contributed by atoms with Crippen molar-refractivity contribution in [3.8, 4) is 22.7 Å². The number of hydrogen-bond donors (Lipinski definition) is 2. The van der Waals surface area contributed by atoms with Crippen molar-refractivity contribution in [2.24, 2.45) is 4.99 Å². The highest BCUT2D eigenvalue weighted by atomic mass is 16.3. The van der Waals surface area contributed by atoms with Crippen LogP contribution in [0.4, 0.5) is 0 Å². The van der Waals surface area contributed by atoms with Gasteiger partial charge >= 0.3 is 0 Å². The van der Waals surface area contributed by atoms with Gasteiger partial charge in [0.1, 0.15) is 17.1 Å². The molecule has 0 radical (unpaired) electrons. The molecule has 0 bridgehead atoms. The second-order valence-electron chi connectivity index (χ2n) is 9.04. The summed E-state index contributed by atoms with van der Waals surface area (Å²) >= 11 is 0. The molecule has 0 fully saturated rings. The monoisotopic (exact) mass is 525 g/mol. The Morgan fingerprint density at radius 3 is 2.02 bits per heavy atom. The standard InChI is InChI=1S/C32H23N5O3/c38-27-18-16-24(17-19-27)32(40)37-30(23-12-6-2-7-13-23)33-28(31(39)35-37)20-25-21-36(26-14-8-3-9-15-26)34-29(25)22-10-4-1-5-11-22/h1-21,38H,(H,35,39)/b28-20-. The molecule has 0 atom stereocenters. The van der Waals surface area contributed by atoms with Crippen LogP contribution in [0.15, 0.2) is 132 Å². The Bertz CT molecular complexity index is 1740. The fourth-order valence-corrected chi connectivity index (χ4v) is 4.36. The van der Waals surface area contributed by atoms with Gasteiger partial charge in [0.05, 0.1) is 5.69 Å². The average Bonchev–Trinajstić information content (AvgIpc) is 3.43. The minimum absolute atomic E-state index is 0.0340. The van der Waals surface area contributed by atoms with Gasteiger partial charge in [0.2, 0.25) is 0 Å². The topological polar surface area (TPSA) is 99.8 Å². The van der Waals surface area contributed by atoms with E-state index in [1.165, 1.54) is 24.3 Å². The molecule has 0 saturated heterocycles. The van der Waals surface area contributed by atoms with E-state index in [0.717, 1.165) is 16.3 Å². The van der Waals surface area contributed by atoms with E-state index in [1.807, 2.05) is 97.2 Å². The molecule has 2 N–H and O–H groups in total. The Labute approximate surface area is 230 Å². The molecule has 6 rings (SSSR count). The number of nitrogens with zero attached hydrogens (tertiary/aromatic N) is 4. The summed E-state index contributed by atoms with van der Waals surface area (Å²) in [5.41, 5.74) is 6.88. The highest BCUT2D eigenvalue weighted by Crippen LogP contribution is 2.27. The molecule has 2 heterocycles. The molecule has 0 saturated carbocycles. The molecule has 8 nitrogen and oxygen atoms in total. The number of amidine groups is 1. The van der Waals surface area contributed by atoms with E-state index >= 15 is 0 Å². The van der Waals surface area contributed by atoms with Gasteiger partial charge in [-0.05, 0) is 42.5 Å². The molecule has 1 aliphatic rings. The second kappa shape index (κ2) is 10.5. The van der Waals surface area contributed by atoms with Crippen LogP contribution in [0, 0.1) is 0 Å². The van der Waals surface area contributed by atoms with Crippen molar-refractivity contribution in [3.63, 3.8) is 0 Å². The van der Waals surface area contributed by atoms with Crippen LogP contribution in [-0.2, 0) is 4.79 Å². The maximum atomic E-state index is 13.4. The van der Waals surface area contributed by atoms with Crippen LogP contribution < -0.4 is 5.43 Å². The number of hydrazine groups is 1. The second-order valence-corrected chi connectivity index (χ2v) is 9.04. The summed E-state index contributed by atoms with van der Waals surface area (Å²) in [6, 6.07) is 34.4. The number of phenolic OH excluding ortho intramolecular Hbond substituents is 1. The van der Waals surface area contributed by atoms with Gasteiger partial charge in [0.15, 0.2) is 5.84 Å². The maximum absolute atomic E-state index is 13.4. The largest absolute Gasteiger partial charge is 0.508 e. The van der Waals surface area contributed by atoms with Gasteiger partial charge in [-0.3, -0.25) is 15.0 Å². The molecular formula is C32H23N5O3. The zero-order valence-electron chi connectivity index (χ0n) is 21.2. The van der Waals surface area contributed by atoms with Crippen LogP contribution in [0.2, 0.25) is 0 Å². The maximum Gasteiger partial charge on any atom is 0.288 e. The third kappa shape index (κ3) is 4.89. The van der Waals surface area contributed by atoms with E-state index in [2.05, 4.69) is 10.4 Å². The first-order valence-corrected chi connectivity index (χ1v) is 12.6. The van der Waals surface area contributed by atoms with Crippen LogP contribution in [0.1, 0.15) is 21.5 Å². The number of nitrogens with one attached hydrogen (secondary N) is 1. The van der Waals surface area contributed by atoms with E-state index in [4.69, 9.17) is 5.10 Å². The normalized spacial score (nSPS) is 14.1. The van der Waals surface area contributed by atoms with Crippen molar-refractivity contribution in [1.82, 2.24) is 20.2 Å². The zero-order chi connectivity index (χ0) is 27.5. The van der Waals surface area contributed by atoms with Crippen molar-refractivity contribution in [2.45, 2.75) is 0 Å². The highest BCUT2D eigenvalue weighted by molar-refractivity contribution is 6.18. The number of hydrogen-bond acceptors (Lipinski definition) is 5. The number of para-hydroxylation sites is 1. The fourth-order valence-electron chi connectivity index (χ4n) is 4.36. The van der Waals surface area contributed by atoms with Crippen LogP contribution in [-0.4, -0.2) is 37.5 Å². The number of benzene rings is 4. The van der Waals surface area contributed by atoms with Gasteiger partial charge in [-0.15, -0.1) is 0 Å². The Kier molecular flexibility index (Phi) is 6.48. The number of rotatable bonds is 5. The number of carbonyl (C=O) groups excluding carboxylic acids is 2. The molecular weight excluding hydrogens is 502 g/mol. The SMILES string of the molecule is O=C1NN(C(=O)c2ccc(O)cc2)C(c2ccccc2)=N/C1=C\c1cn(-c2ccccc2)nc1-c1ccccc1. The Morgan fingerprint density at radius 1 is 0.775 bits per heavy atom. The summed E-state index contributed by atoms with van der Waals surface area (Å²) < 4.78 is 1.76. The molecule has 2 amide bonds. The number of carbonyl (C=O) groups is 2. The molecule has 1 aromatic heterocycles. The molecule has 40 heavy (non-hydrogen) atoms. The van der Waals surface area contributed by atoms with E-state index in [-0.39, 0.29) is 22.8 Å². The molecule has 4 aromatic carbocycles. The molecule has 194 valence electrons. The molecule has 0 unspecified atom stereocenters. The Balaban J connectivity index is 1.47. The minimum atomic E-state index is -0.543. The lowest BCUT2D eigenvalue weighted by atomic mass is 10.1. The predicted molar refractivity (Wildman–Crippen MR) is 152 cm³/mol. The average molecular weight is 526 g/mol. The first kappa shape index (κ1) is 24.6. The van der Waals surface area contributed by atoms with Crippen molar-refractivity contribution in [2.75, 3.05) is 0 Å². The summed E-state index contributed by atoms with van der Waals surface area (Å²) in [4.78, 5) is 31.4. The van der Waals surface area contributed by atoms with Crippen LogP contribution in [0.3, 0.4) is 0 Å². The number of amides is 2. The quantitative estimate of drug-likeness (QED) is 0.307. The smallest absolute Gasteiger partial charge is 0.288 e. The van der Waals surface area contributed by atoms with Crippen molar-refractivity contribution in [3.05, 3.63) is 144 Å². The lowest BCUT2D eigenvalue weighted by Crippen LogP contribution is -2.53. The van der Waals surface area contributed by atoms with Gasteiger partial charge in [0.25, 0.3) is 11.8 Å². The van der Waals surface area contributed by atoms with Gasteiger partial charge in [-0.2, -0.15) is 10.1 Å². The number of aliphatic imine (C=N–C) groups is 1. The summed E-state index contributed by atoms with van der Waals surface area (Å²) in [7, 11) is 0. The van der Waals surface area contributed by atoms with E-state index in [1.54, 1.807) is 10.8 Å². The van der Waals surface area contributed by atoms with Gasteiger partial charge < -0.3 is 5.11 Å². The molecule has 0 spiro atoms. The first-order valence-electron chi connectivity index (χ1n) is 12.6. The Morgan fingerprint density at radius 2 is 1.38 bits per heavy atom. The van der Waals surface area contributed by atoms with Gasteiger partial charge in [-0.1, -0.05) is 78.9 Å². The van der Waals surface area contributed by atoms with Crippen molar-refractivity contribution in [1.29, 1.82) is 0 Å². The third-order valence-corrected chi connectivity index (χ3v) is 6.34.